The summed E-state index contributed by atoms with van der Waals surface area (Å²) >= 11 is 0. The van der Waals surface area contributed by atoms with Crippen molar-refractivity contribution in [3.63, 3.8) is 0 Å². The van der Waals surface area contributed by atoms with Gasteiger partial charge in [-0.25, -0.2) is 14.1 Å². The number of carbonyl (C=O) groups excluding carboxylic acids is 1. The number of benzene rings is 1. The minimum Gasteiger partial charge on any atom is -0.375 e. The summed E-state index contributed by atoms with van der Waals surface area (Å²) in [5.74, 6) is 4.38. The molecule has 0 bridgehead atoms. The van der Waals surface area contributed by atoms with Crippen LogP contribution < -0.4 is 5.73 Å². The van der Waals surface area contributed by atoms with Crippen molar-refractivity contribution in [3.05, 3.63) is 65.9 Å². The van der Waals surface area contributed by atoms with Gasteiger partial charge in [0.2, 0.25) is 0 Å². The van der Waals surface area contributed by atoms with E-state index in [1.54, 1.807) is 24.4 Å². The van der Waals surface area contributed by atoms with Gasteiger partial charge in [-0.05, 0) is 30.3 Å². The van der Waals surface area contributed by atoms with E-state index in [2.05, 4.69) is 28.5 Å². The van der Waals surface area contributed by atoms with Crippen LogP contribution in [0, 0.1) is 17.7 Å². The quantitative estimate of drug-likeness (QED) is 0.647. The highest BCUT2D eigenvalue weighted by molar-refractivity contribution is 6.03. The molecule has 0 aliphatic carbocycles. The van der Waals surface area contributed by atoms with Crippen LogP contribution >= 0.6 is 0 Å². The van der Waals surface area contributed by atoms with Crippen molar-refractivity contribution < 1.29 is 14.3 Å². The van der Waals surface area contributed by atoms with Crippen molar-refractivity contribution in [1.82, 2.24) is 19.7 Å². The first-order chi connectivity index (χ1) is 13.8. The Bertz CT molecular complexity index is 1220. The number of aliphatic hydroxyl groups is 1. The number of primary amides is 1. The smallest absolute Gasteiger partial charge is 0.269 e. The standard InChI is InChI=1S/C21H18FN5O2/c1-13-21(29,7-9-26(13)2)6-5-14-10-15(22)12-16(11-14)27-20-17(4-3-8-24-20)18(25-27)19(23)28/h3-4,8,10-12,29H,1,7,9H2,2H3,(H2,23,28)/t21-/m0/s1. The molecule has 1 amide bonds. The van der Waals surface area contributed by atoms with E-state index in [-0.39, 0.29) is 5.69 Å². The number of fused-ring (bicyclic) bond motifs is 1. The van der Waals surface area contributed by atoms with Crippen molar-refractivity contribution in [2.45, 2.75) is 12.0 Å². The van der Waals surface area contributed by atoms with E-state index in [1.807, 2.05) is 11.9 Å². The van der Waals surface area contributed by atoms with Crippen molar-refractivity contribution >= 4 is 16.9 Å². The summed E-state index contributed by atoms with van der Waals surface area (Å²) in [4.78, 5) is 17.8. The van der Waals surface area contributed by atoms with Crippen molar-refractivity contribution in [3.8, 4) is 17.5 Å². The van der Waals surface area contributed by atoms with E-state index in [1.165, 1.54) is 16.8 Å². The zero-order chi connectivity index (χ0) is 20.8. The third kappa shape index (κ3) is 3.22. The summed E-state index contributed by atoms with van der Waals surface area (Å²) in [6.07, 6.45) is 1.97. The lowest BCUT2D eigenvalue weighted by atomic mass is 10.0. The molecule has 3 aromatic rings. The molecule has 0 unspecified atom stereocenters. The van der Waals surface area contributed by atoms with Crippen LogP contribution in [0.2, 0.25) is 0 Å². The Hall–Kier alpha value is -3.70. The summed E-state index contributed by atoms with van der Waals surface area (Å²) in [5.41, 5.74) is 5.66. The summed E-state index contributed by atoms with van der Waals surface area (Å²) in [5, 5.41) is 15.3. The van der Waals surface area contributed by atoms with Crippen LogP contribution in [0.4, 0.5) is 4.39 Å². The molecule has 1 aromatic carbocycles. The number of aromatic nitrogens is 3. The Morgan fingerprint density at radius 3 is 2.90 bits per heavy atom. The van der Waals surface area contributed by atoms with Gasteiger partial charge in [0.15, 0.2) is 16.9 Å². The largest absolute Gasteiger partial charge is 0.375 e. The second-order valence-corrected chi connectivity index (χ2v) is 6.93. The van der Waals surface area contributed by atoms with Crippen LogP contribution in [-0.2, 0) is 0 Å². The maximum Gasteiger partial charge on any atom is 0.269 e. The normalized spacial score (nSPS) is 18.7. The zero-order valence-electron chi connectivity index (χ0n) is 15.7. The molecule has 1 saturated heterocycles. The van der Waals surface area contributed by atoms with Crippen molar-refractivity contribution in [2.75, 3.05) is 13.6 Å². The third-order valence-electron chi connectivity index (χ3n) is 4.96. The monoisotopic (exact) mass is 391 g/mol. The Labute approximate surface area is 166 Å². The molecule has 146 valence electrons. The first-order valence-corrected chi connectivity index (χ1v) is 8.89. The average Bonchev–Trinajstić information content (AvgIpc) is 3.20. The Morgan fingerprint density at radius 1 is 1.41 bits per heavy atom. The maximum atomic E-state index is 14.3. The van der Waals surface area contributed by atoms with Crippen LogP contribution in [-0.4, -0.2) is 49.9 Å². The lowest BCUT2D eigenvalue weighted by Crippen LogP contribution is -2.26. The van der Waals surface area contributed by atoms with Gasteiger partial charge in [0.25, 0.3) is 5.91 Å². The number of amides is 1. The van der Waals surface area contributed by atoms with Gasteiger partial charge in [0.05, 0.1) is 16.8 Å². The van der Waals surface area contributed by atoms with Crippen LogP contribution in [0.25, 0.3) is 16.7 Å². The number of pyridine rings is 1. The highest BCUT2D eigenvalue weighted by atomic mass is 19.1. The van der Waals surface area contributed by atoms with E-state index < -0.39 is 17.3 Å². The number of rotatable bonds is 2. The SMILES string of the molecule is C=C1N(C)CC[C@@]1(O)C#Cc1cc(F)cc(-n2nc(C(N)=O)c3cccnc32)c1. The molecule has 7 nitrogen and oxygen atoms in total. The topological polar surface area (TPSA) is 97.3 Å². The molecule has 8 heteroatoms. The van der Waals surface area contributed by atoms with Crippen LogP contribution in [0.1, 0.15) is 22.5 Å². The van der Waals surface area contributed by atoms with Gasteiger partial charge in [0.1, 0.15) is 5.82 Å². The Kier molecular flexibility index (Phi) is 4.32. The second-order valence-electron chi connectivity index (χ2n) is 6.93. The summed E-state index contributed by atoms with van der Waals surface area (Å²) in [7, 11) is 1.83. The molecule has 0 spiro atoms. The molecule has 0 saturated carbocycles. The lowest BCUT2D eigenvalue weighted by molar-refractivity contribution is 0.0996. The Morgan fingerprint density at radius 2 is 2.21 bits per heavy atom. The summed E-state index contributed by atoms with van der Waals surface area (Å²) in [6, 6.07) is 7.45. The molecular weight excluding hydrogens is 373 g/mol. The van der Waals surface area contributed by atoms with Gasteiger partial charge in [-0.1, -0.05) is 18.4 Å². The lowest BCUT2D eigenvalue weighted by Gasteiger charge is -2.19. The first-order valence-electron chi connectivity index (χ1n) is 8.89. The fourth-order valence-corrected chi connectivity index (χ4v) is 3.32. The highest BCUT2D eigenvalue weighted by Crippen LogP contribution is 2.29. The van der Waals surface area contributed by atoms with E-state index in [0.717, 1.165) is 0 Å². The number of nitrogens with zero attached hydrogens (tertiary/aromatic N) is 4. The number of likely N-dealkylation sites (N-methyl/N-ethyl adjacent to an activating group) is 1. The number of halogens is 1. The molecule has 29 heavy (non-hydrogen) atoms. The summed E-state index contributed by atoms with van der Waals surface area (Å²) < 4.78 is 15.7. The van der Waals surface area contributed by atoms with Crippen molar-refractivity contribution in [2.24, 2.45) is 5.73 Å². The van der Waals surface area contributed by atoms with Crippen LogP contribution in [0.5, 0.6) is 0 Å². The minimum atomic E-state index is -1.35. The molecule has 3 heterocycles. The molecule has 1 fully saturated rings. The number of likely N-dealkylation sites (tertiary alicyclic amines) is 1. The molecule has 3 N–H and O–H groups in total. The predicted octanol–water partition coefficient (Wildman–Crippen LogP) is 1.59. The first kappa shape index (κ1) is 18.7. The number of hydrogen-bond donors (Lipinski definition) is 2. The van der Waals surface area contributed by atoms with E-state index in [0.29, 0.717) is 40.9 Å². The maximum absolute atomic E-state index is 14.3. The second kappa shape index (κ2) is 6.72. The Balaban J connectivity index is 1.80. The van der Waals surface area contributed by atoms with Crippen LogP contribution in [0.3, 0.4) is 0 Å². The van der Waals surface area contributed by atoms with Gasteiger partial charge in [-0.3, -0.25) is 4.79 Å². The average molecular weight is 391 g/mol. The molecule has 1 atom stereocenters. The molecule has 4 rings (SSSR count). The van der Waals surface area contributed by atoms with E-state index >= 15 is 0 Å². The van der Waals surface area contributed by atoms with Gasteiger partial charge in [0, 0.05) is 31.8 Å². The molecule has 2 aromatic heterocycles. The third-order valence-corrected chi connectivity index (χ3v) is 4.96. The fraction of sp³-hybridized carbons (Fsp3) is 0.190. The molecule has 1 aliphatic rings. The molecule has 0 radical (unpaired) electrons. The predicted molar refractivity (Wildman–Crippen MR) is 106 cm³/mol. The van der Waals surface area contributed by atoms with Gasteiger partial charge in [-0.2, -0.15) is 5.10 Å². The number of nitrogens with two attached hydrogens (primary N) is 1. The highest BCUT2D eigenvalue weighted by Gasteiger charge is 2.36. The van der Waals surface area contributed by atoms with Crippen molar-refractivity contribution in [1.29, 1.82) is 0 Å². The zero-order valence-corrected chi connectivity index (χ0v) is 15.7. The fourth-order valence-electron chi connectivity index (χ4n) is 3.32. The van der Waals surface area contributed by atoms with E-state index in [4.69, 9.17) is 5.73 Å². The van der Waals surface area contributed by atoms with Gasteiger partial charge in [-0.15, -0.1) is 0 Å². The van der Waals surface area contributed by atoms with E-state index in [9.17, 15) is 14.3 Å². The number of hydrogen-bond acceptors (Lipinski definition) is 5. The molecular formula is C21H18FN5O2. The minimum absolute atomic E-state index is 0.0459. The van der Waals surface area contributed by atoms with Gasteiger partial charge < -0.3 is 15.7 Å². The summed E-state index contributed by atoms with van der Waals surface area (Å²) in [6.45, 7) is 4.51. The van der Waals surface area contributed by atoms with Gasteiger partial charge >= 0.3 is 0 Å². The number of carbonyl (C=O) groups is 1. The molecule has 1 aliphatic heterocycles. The van der Waals surface area contributed by atoms with Crippen LogP contribution in [0.15, 0.2) is 48.8 Å².